The summed E-state index contributed by atoms with van der Waals surface area (Å²) >= 11 is 0. The number of carboxylic acid groups (broad SMARTS) is 1. The van der Waals surface area contributed by atoms with Crippen molar-refractivity contribution < 1.29 is 14.7 Å². The second kappa shape index (κ2) is 6.67. The van der Waals surface area contributed by atoms with Crippen LogP contribution >= 0.6 is 0 Å². The van der Waals surface area contributed by atoms with E-state index in [4.69, 9.17) is 5.11 Å². The fourth-order valence-electron chi connectivity index (χ4n) is 2.50. The van der Waals surface area contributed by atoms with Crippen LogP contribution in [0.4, 0.5) is 5.82 Å². The number of carbonyl (C=O) groups is 2. The van der Waals surface area contributed by atoms with Crippen molar-refractivity contribution in [3.8, 4) is 0 Å². The van der Waals surface area contributed by atoms with E-state index < -0.39 is 12.0 Å². The maximum Gasteiger partial charge on any atom is 0.320 e. The molecule has 0 bridgehead atoms. The van der Waals surface area contributed by atoms with Crippen molar-refractivity contribution in [3.63, 3.8) is 0 Å². The molecule has 0 aliphatic carbocycles. The van der Waals surface area contributed by atoms with Crippen LogP contribution in [0.1, 0.15) is 25.3 Å². The number of piperidine rings is 1. The molecule has 6 nitrogen and oxygen atoms in total. The molecule has 1 aromatic heterocycles. The Labute approximate surface area is 124 Å². The molecule has 0 unspecified atom stereocenters. The van der Waals surface area contributed by atoms with Crippen LogP contribution in [0, 0.1) is 12.8 Å². The molecular weight excluding hydrogens is 270 g/mol. The third kappa shape index (κ3) is 4.01. The van der Waals surface area contributed by atoms with Crippen molar-refractivity contribution in [2.75, 3.05) is 18.4 Å². The van der Waals surface area contributed by atoms with Crippen LogP contribution in [-0.4, -0.2) is 46.0 Å². The highest BCUT2D eigenvalue weighted by Crippen LogP contribution is 2.20. The minimum Gasteiger partial charge on any atom is -0.480 e. The summed E-state index contributed by atoms with van der Waals surface area (Å²) in [4.78, 5) is 29.3. The minimum absolute atomic E-state index is 0.0892. The highest BCUT2D eigenvalue weighted by molar-refractivity contribution is 5.91. The number of amides is 1. The Morgan fingerprint density at radius 1 is 1.48 bits per heavy atom. The van der Waals surface area contributed by atoms with Gasteiger partial charge in [0.15, 0.2) is 0 Å². The zero-order chi connectivity index (χ0) is 15.4. The number of nitrogens with one attached hydrogen (secondary N) is 1. The molecule has 1 amide bonds. The van der Waals surface area contributed by atoms with Gasteiger partial charge in [-0.15, -0.1) is 0 Å². The number of aryl methyl sites for hydroxylation is 1. The highest BCUT2D eigenvalue weighted by Gasteiger charge is 2.30. The van der Waals surface area contributed by atoms with Gasteiger partial charge >= 0.3 is 5.97 Å². The standard InChI is InChI=1S/C15H21N3O3/c1-10-5-6-13(16-8-10)17-14(19)12-4-3-7-18(9-12)11(2)15(20)21/h5-6,8,11-12H,3-4,7,9H2,1-2H3,(H,20,21)(H,16,17,19)/t11-,12-/m0/s1. The van der Waals surface area contributed by atoms with E-state index in [0.29, 0.717) is 12.4 Å². The number of carbonyl (C=O) groups excluding carboxylic acids is 1. The molecule has 1 saturated heterocycles. The molecule has 1 aliphatic rings. The minimum atomic E-state index is -0.851. The van der Waals surface area contributed by atoms with Crippen molar-refractivity contribution >= 4 is 17.7 Å². The Morgan fingerprint density at radius 3 is 2.86 bits per heavy atom. The molecule has 2 atom stereocenters. The van der Waals surface area contributed by atoms with E-state index in [1.165, 1.54) is 0 Å². The van der Waals surface area contributed by atoms with Gasteiger partial charge in [-0.25, -0.2) is 4.98 Å². The van der Waals surface area contributed by atoms with Gasteiger partial charge in [-0.2, -0.15) is 0 Å². The van der Waals surface area contributed by atoms with Crippen molar-refractivity contribution in [1.82, 2.24) is 9.88 Å². The van der Waals surface area contributed by atoms with Gasteiger partial charge in [-0.1, -0.05) is 6.07 Å². The SMILES string of the molecule is Cc1ccc(NC(=O)[C@H]2CCCN([C@@H](C)C(=O)O)C2)nc1. The smallest absolute Gasteiger partial charge is 0.320 e. The van der Waals surface area contributed by atoms with E-state index in [0.717, 1.165) is 24.9 Å². The molecule has 21 heavy (non-hydrogen) atoms. The summed E-state index contributed by atoms with van der Waals surface area (Å²) in [5.74, 6) is -0.595. The average Bonchev–Trinajstić information content (AvgIpc) is 2.48. The van der Waals surface area contributed by atoms with Crippen LogP contribution in [0.3, 0.4) is 0 Å². The quantitative estimate of drug-likeness (QED) is 0.878. The molecule has 0 aromatic carbocycles. The number of aliphatic carboxylic acids is 1. The lowest BCUT2D eigenvalue weighted by molar-refractivity contribution is -0.144. The third-order valence-corrected chi connectivity index (χ3v) is 3.89. The summed E-state index contributed by atoms with van der Waals surface area (Å²) in [7, 11) is 0. The lowest BCUT2D eigenvalue weighted by atomic mass is 9.96. The molecule has 114 valence electrons. The molecule has 0 saturated carbocycles. The lowest BCUT2D eigenvalue weighted by Crippen LogP contribution is -2.47. The van der Waals surface area contributed by atoms with Crippen LogP contribution in [0.25, 0.3) is 0 Å². The third-order valence-electron chi connectivity index (χ3n) is 3.89. The van der Waals surface area contributed by atoms with Crippen LogP contribution in [0.5, 0.6) is 0 Å². The summed E-state index contributed by atoms with van der Waals surface area (Å²) in [5.41, 5.74) is 1.03. The number of aromatic nitrogens is 1. The summed E-state index contributed by atoms with van der Waals surface area (Å²) in [6.45, 7) is 4.79. The van der Waals surface area contributed by atoms with E-state index in [2.05, 4.69) is 10.3 Å². The number of pyridine rings is 1. The Hall–Kier alpha value is -1.95. The first-order valence-electron chi connectivity index (χ1n) is 7.17. The van der Waals surface area contributed by atoms with Crippen LogP contribution < -0.4 is 5.32 Å². The van der Waals surface area contributed by atoms with Crippen LogP contribution in [0.2, 0.25) is 0 Å². The normalized spacial score (nSPS) is 20.8. The lowest BCUT2D eigenvalue weighted by Gasteiger charge is -2.34. The number of rotatable bonds is 4. The summed E-state index contributed by atoms with van der Waals surface area (Å²) in [5, 5.41) is 11.9. The maximum absolute atomic E-state index is 12.3. The number of carboxylic acids is 1. The molecule has 2 rings (SSSR count). The molecule has 6 heteroatoms. The van der Waals surface area contributed by atoms with E-state index >= 15 is 0 Å². The number of hydrogen-bond donors (Lipinski definition) is 2. The summed E-state index contributed by atoms with van der Waals surface area (Å²) < 4.78 is 0. The Morgan fingerprint density at radius 2 is 2.24 bits per heavy atom. The monoisotopic (exact) mass is 291 g/mol. The van der Waals surface area contributed by atoms with Crippen molar-refractivity contribution in [1.29, 1.82) is 0 Å². The largest absolute Gasteiger partial charge is 0.480 e. The molecule has 1 fully saturated rings. The van der Waals surface area contributed by atoms with Crippen molar-refractivity contribution in [3.05, 3.63) is 23.9 Å². The Kier molecular flexibility index (Phi) is 4.90. The van der Waals surface area contributed by atoms with E-state index in [1.54, 1.807) is 19.2 Å². The second-order valence-electron chi connectivity index (χ2n) is 5.56. The predicted molar refractivity (Wildman–Crippen MR) is 79.0 cm³/mol. The molecule has 2 N–H and O–H groups in total. The highest BCUT2D eigenvalue weighted by atomic mass is 16.4. The number of nitrogens with zero attached hydrogens (tertiary/aromatic N) is 2. The molecule has 0 radical (unpaired) electrons. The summed E-state index contributed by atoms with van der Waals surface area (Å²) in [6, 6.07) is 3.11. The van der Waals surface area contributed by atoms with Crippen molar-refractivity contribution in [2.24, 2.45) is 5.92 Å². The number of likely N-dealkylation sites (tertiary alicyclic amines) is 1. The van der Waals surface area contributed by atoms with Gasteiger partial charge in [0.2, 0.25) is 5.91 Å². The van der Waals surface area contributed by atoms with E-state index in [9.17, 15) is 9.59 Å². The zero-order valence-electron chi connectivity index (χ0n) is 12.4. The number of hydrogen-bond acceptors (Lipinski definition) is 4. The molecule has 0 spiro atoms. The predicted octanol–water partition coefficient (Wildman–Crippen LogP) is 1.51. The van der Waals surface area contributed by atoms with Gasteiger partial charge in [0, 0.05) is 12.7 Å². The van der Waals surface area contributed by atoms with Gasteiger partial charge in [0.05, 0.1) is 5.92 Å². The Balaban J connectivity index is 1.95. The van der Waals surface area contributed by atoms with Gasteiger partial charge in [0.1, 0.15) is 11.9 Å². The fraction of sp³-hybridized carbons (Fsp3) is 0.533. The van der Waals surface area contributed by atoms with Crippen LogP contribution in [-0.2, 0) is 9.59 Å². The average molecular weight is 291 g/mol. The molecule has 1 aromatic rings. The molecular formula is C15H21N3O3. The van der Waals surface area contributed by atoms with Crippen LogP contribution in [0.15, 0.2) is 18.3 Å². The Bertz CT molecular complexity index is 515. The first-order valence-corrected chi connectivity index (χ1v) is 7.17. The topological polar surface area (TPSA) is 82.5 Å². The second-order valence-corrected chi connectivity index (χ2v) is 5.56. The van der Waals surface area contributed by atoms with E-state index in [-0.39, 0.29) is 11.8 Å². The maximum atomic E-state index is 12.3. The van der Waals surface area contributed by atoms with Gasteiger partial charge in [-0.3, -0.25) is 14.5 Å². The molecule has 2 heterocycles. The van der Waals surface area contributed by atoms with Gasteiger partial charge in [0.25, 0.3) is 0 Å². The number of anilines is 1. The summed E-state index contributed by atoms with van der Waals surface area (Å²) in [6.07, 6.45) is 3.31. The molecule has 1 aliphatic heterocycles. The van der Waals surface area contributed by atoms with Gasteiger partial charge < -0.3 is 10.4 Å². The first kappa shape index (κ1) is 15.4. The first-order chi connectivity index (χ1) is 9.97. The fourth-order valence-corrected chi connectivity index (χ4v) is 2.50. The zero-order valence-corrected chi connectivity index (χ0v) is 12.4. The van der Waals surface area contributed by atoms with Crippen molar-refractivity contribution in [2.45, 2.75) is 32.7 Å². The van der Waals surface area contributed by atoms with E-state index in [1.807, 2.05) is 17.9 Å². The van der Waals surface area contributed by atoms with Gasteiger partial charge in [-0.05, 0) is 44.9 Å².